The molecule has 3 heterocycles. The fourth-order valence-corrected chi connectivity index (χ4v) is 4.70. The summed E-state index contributed by atoms with van der Waals surface area (Å²) in [6.07, 6.45) is 3.34. The van der Waals surface area contributed by atoms with Crippen molar-refractivity contribution in [3.05, 3.63) is 53.6 Å². The van der Waals surface area contributed by atoms with E-state index in [0.29, 0.717) is 54.3 Å². The lowest BCUT2D eigenvalue weighted by Gasteiger charge is -2.21. The first-order valence-electron chi connectivity index (χ1n) is 12.7. The van der Waals surface area contributed by atoms with Crippen LogP contribution in [-0.4, -0.2) is 61.6 Å². The number of carbonyl (C=O) groups excluding carboxylic acids is 3. The van der Waals surface area contributed by atoms with Gasteiger partial charge in [0.1, 0.15) is 11.9 Å². The molecule has 4 aliphatic rings. The van der Waals surface area contributed by atoms with Crippen molar-refractivity contribution in [2.75, 3.05) is 26.8 Å². The van der Waals surface area contributed by atoms with Crippen LogP contribution in [0, 0.1) is 5.41 Å². The molecule has 2 atom stereocenters. The third-order valence-corrected chi connectivity index (χ3v) is 7.47. The molecule has 9 heteroatoms. The van der Waals surface area contributed by atoms with Gasteiger partial charge >= 0.3 is 0 Å². The lowest BCUT2D eigenvalue weighted by atomic mass is 10.0. The monoisotopic (exact) mass is 507 g/mol. The fraction of sp³-hybridized carbons (Fsp3) is 0.464. The number of amides is 3. The summed E-state index contributed by atoms with van der Waals surface area (Å²) in [6, 6.07) is 11.9. The summed E-state index contributed by atoms with van der Waals surface area (Å²) in [5.41, 5.74) is 1.57. The average molecular weight is 508 g/mol. The molecular formula is C28H33N3O6. The number of fused-ring (bicyclic) bond motifs is 7. The van der Waals surface area contributed by atoms with Crippen LogP contribution in [0.5, 0.6) is 17.2 Å². The van der Waals surface area contributed by atoms with E-state index in [1.54, 1.807) is 23.1 Å². The van der Waals surface area contributed by atoms with Gasteiger partial charge in [0.25, 0.3) is 11.8 Å². The van der Waals surface area contributed by atoms with E-state index in [9.17, 15) is 14.4 Å². The van der Waals surface area contributed by atoms with Crippen molar-refractivity contribution in [2.45, 2.75) is 51.3 Å². The van der Waals surface area contributed by atoms with Gasteiger partial charge in [-0.25, -0.2) is 0 Å². The Morgan fingerprint density at radius 2 is 1.92 bits per heavy atom. The number of likely N-dealkylation sites (tertiary alicyclic amines) is 1. The van der Waals surface area contributed by atoms with Gasteiger partial charge in [0.2, 0.25) is 5.91 Å². The number of ether oxygens (including phenoxy) is 3. The molecule has 1 aliphatic carbocycles. The number of methoxy groups -OCH3 is 1. The highest BCUT2D eigenvalue weighted by atomic mass is 16.5. The molecule has 3 amide bonds. The summed E-state index contributed by atoms with van der Waals surface area (Å²) in [6.45, 7) is 3.12. The Morgan fingerprint density at radius 3 is 2.65 bits per heavy atom. The summed E-state index contributed by atoms with van der Waals surface area (Å²) < 4.78 is 17.3. The van der Waals surface area contributed by atoms with E-state index in [1.807, 2.05) is 24.3 Å². The molecule has 2 aromatic rings. The molecule has 9 nitrogen and oxygen atoms in total. The summed E-state index contributed by atoms with van der Waals surface area (Å²) in [4.78, 5) is 40.4. The third kappa shape index (κ3) is 5.98. The van der Waals surface area contributed by atoms with Crippen molar-refractivity contribution in [2.24, 2.45) is 5.41 Å². The van der Waals surface area contributed by atoms with Crippen LogP contribution in [0.15, 0.2) is 42.5 Å². The molecule has 0 spiro atoms. The van der Waals surface area contributed by atoms with E-state index >= 15 is 0 Å². The van der Waals surface area contributed by atoms with Crippen LogP contribution in [0.2, 0.25) is 0 Å². The van der Waals surface area contributed by atoms with Crippen LogP contribution in [0.3, 0.4) is 0 Å². The minimum Gasteiger partial charge on any atom is -0.493 e. The van der Waals surface area contributed by atoms with Gasteiger partial charge in [-0.15, -0.1) is 0 Å². The quantitative estimate of drug-likeness (QED) is 0.659. The van der Waals surface area contributed by atoms with Crippen molar-refractivity contribution >= 4 is 17.7 Å². The number of nitrogens with one attached hydrogen (secondary N) is 2. The molecule has 0 aromatic heterocycles. The van der Waals surface area contributed by atoms with E-state index in [2.05, 4.69) is 17.6 Å². The molecule has 1 saturated carbocycles. The Morgan fingerprint density at radius 1 is 1.14 bits per heavy atom. The van der Waals surface area contributed by atoms with Crippen molar-refractivity contribution in [3.63, 3.8) is 0 Å². The SMILES string of the molecule is COc1ccc2cc1OCC(=O)NCc1ccc(cc1)O[C@H]1CN(C(=O)CCC3(C)CC3)C[C@@H]1NC2=O. The van der Waals surface area contributed by atoms with E-state index in [4.69, 9.17) is 14.2 Å². The second-order valence-electron chi connectivity index (χ2n) is 10.4. The topological polar surface area (TPSA) is 106 Å². The Balaban J connectivity index is 1.39. The van der Waals surface area contributed by atoms with E-state index in [-0.39, 0.29) is 24.3 Å². The van der Waals surface area contributed by atoms with E-state index in [0.717, 1.165) is 12.0 Å². The maximum Gasteiger partial charge on any atom is 0.258 e. The highest BCUT2D eigenvalue weighted by Gasteiger charge is 2.41. The molecule has 0 radical (unpaired) electrons. The zero-order chi connectivity index (χ0) is 26.0. The summed E-state index contributed by atoms with van der Waals surface area (Å²) in [5.74, 6) is 0.820. The predicted octanol–water partition coefficient (Wildman–Crippen LogP) is 2.67. The lowest BCUT2D eigenvalue weighted by molar-refractivity contribution is -0.130. The molecule has 1 saturated heterocycles. The number of hydrogen-bond acceptors (Lipinski definition) is 6. The zero-order valence-corrected chi connectivity index (χ0v) is 21.2. The van der Waals surface area contributed by atoms with Gasteiger partial charge in [-0.3, -0.25) is 14.4 Å². The summed E-state index contributed by atoms with van der Waals surface area (Å²) in [5, 5.41) is 5.88. The normalized spacial score (nSPS) is 22.6. The van der Waals surface area contributed by atoms with Crippen LogP contribution in [0.1, 0.15) is 48.5 Å². The molecular weight excluding hydrogens is 474 g/mol. The van der Waals surface area contributed by atoms with Gasteiger partial charge in [0.15, 0.2) is 18.1 Å². The second kappa shape index (κ2) is 10.3. The highest BCUT2D eigenvalue weighted by Crippen LogP contribution is 2.49. The minimum atomic E-state index is -0.403. The second-order valence-corrected chi connectivity index (χ2v) is 10.4. The van der Waals surface area contributed by atoms with Gasteiger partial charge < -0.3 is 29.7 Å². The molecule has 6 rings (SSSR count). The largest absolute Gasteiger partial charge is 0.493 e. The minimum absolute atomic E-state index is 0.0897. The van der Waals surface area contributed by atoms with Gasteiger partial charge in [-0.2, -0.15) is 0 Å². The lowest BCUT2D eigenvalue weighted by Crippen LogP contribution is -2.45. The number of carbonyl (C=O) groups is 3. The van der Waals surface area contributed by atoms with Crippen LogP contribution in [0.25, 0.3) is 0 Å². The first-order chi connectivity index (χ1) is 17.8. The summed E-state index contributed by atoms with van der Waals surface area (Å²) >= 11 is 0. The van der Waals surface area contributed by atoms with Crippen LogP contribution in [-0.2, 0) is 16.1 Å². The Labute approximate surface area is 216 Å². The molecule has 4 bridgehead atoms. The van der Waals surface area contributed by atoms with Gasteiger partial charge in [-0.1, -0.05) is 19.1 Å². The van der Waals surface area contributed by atoms with Crippen molar-refractivity contribution < 1.29 is 28.6 Å². The Kier molecular flexibility index (Phi) is 6.95. The van der Waals surface area contributed by atoms with Crippen LogP contribution >= 0.6 is 0 Å². The maximum atomic E-state index is 13.2. The van der Waals surface area contributed by atoms with Crippen LogP contribution < -0.4 is 24.8 Å². The summed E-state index contributed by atoms with van der Waals surface area (Å²) in [7, 11) is 1.50. The highest BCUT2D eigenvalue weighted by molar-refractivity contribution is 5.95. The van der Waals surface area contributed by atoms with Crippen molar-refractivity contribution in [3.8, 4) is 17.2 Å². The average Bonchev–Trinajstić information content (AvgIpc) is 3.52. The van der Waals surface area contributed by atoms with Gasteiger partial charge in [0, 0.05) is 25.1 Å². The first kappa shape index (κ1) is 24.9. The van der Waals surface area contributed by atoms with E-state index < -0.39 is 12.1 Å². The molecule has 196 valence electrons. The number of benzene rings is 2. The van der Waals surface area contributed by atoms with Gasteiger partial charge in [0.05, 0.1) is 19.7 Å². The van der Waals surface area contributed by atoms with Crippen molar-refractivity contribution in [1.82, 2.24) is 15.5 Å². The van der Waals surface area contributed by atoms with Crippen LogP contribution in [0.4, 0.5) is 0 Å². The van der Waals surface area contributed by atoms with Gasteiger partial charge in [-0.05, 0) is 60.6 Å². The molecule has 2 fully saturated rings. The number of rotatable bonds is 4. The first-order valence-corrected chi connectivity index (χ1v) is 12.7. The fourth-order valence-electron chi connectivity index (χ4n) is 4.70. The molecule has 3 aliphatic heterocycles. The van der Waals surface area contributed by atoms with Crippen molar-refractivity contribution in [1.29, 1.82) is 0 Å². The zero-order valence-electron chi connectivity index (χ0n) is 21.2. The predicted molar refractivity (Wildman–Crippen MR) is 136 cm³/mol. The Bertz CT molecular complexity index is 1180. The maximum absolute atomic E-state index is 13.2. The molecule has 2 N–H and O–H groups in total. The smallest absolute Gasteiger partial charge is 0.258 e. The number of hydrogen-bond donors (Lipinski definition) is 2. The standard InChI is InChI=1S/C28H33N3O6/c1-28(11-12-28)10-9-26(33)31-15-21-24(16-31)37-20-6-3-18(4-7-20)14-29-25(32)17-36-23-13-19(27(34)30-21)5-8-22(23)35-2/h3-8,13,21,24H,9-12,14-17H2,1-2H3,(H,29,32)(H,30,34)/t21-,24-/m0/s1. The molecule has 2 aromatic carbocycles. The van der Waals surface area contributed by atoms with E-state index in [1.165, 1.54) is 20.0 Å². The third-order valence-electron chi connectivity index (χ3n) is 7.47. The Hall–Kier alpha value is -3.75. The molecule has 37 heavy (non-hydrogen) atoms. The number of nitrogens with zero attached hydrogens (tertiary/aromatic N) is 1. The molecule has 0 unspecified atom stereocenters.